The Balaban J connectivity index is 1.58. The standard InChI is InChI=1S/C88H162N14O28/c89-40-20-11-7-3-1-5-9-13-31-72(109)91-41-22-15-30-65(100-79(116)35-16-23-49-99-102-90)87(121)98-42-21-12-8-4-2-6-10-14-36-80(117)101-88(62-122-53-37-76(113)95-46-27-43-92-73(110)32-17-24-50-125-81-56-66(106)84(118)69(59-103)128-81,63-123-54-38-77(114)96-47-28-44-93-74(111)33-18-25-51-126-82-57-67(107)85(119)70(60-104)129-82)64-124-55-39-78(115)97-48-29-45-94-75(112)34-19-26-52-127-83-58-68(108)86(120)71(61-105)130-83/h65-71,81-86,103-108,118-120H,1-64,89H2,(H,91,109)(H,92,110)(H,93,111)(H,94,112)(H,95,113)(H,96,114)(H,97,115)(H,98,121)(H,100,116)(H,101,117)/t65-,66+,67+,68+,69+,70+,71+,81+,82+,83+,84+,85+,86+/m0/s1. The minimum atomic E-state index is -1.42. The van der Waals surface area contributed by atoms with Crippen molar-refractivity contribution in [3.05, 3.63) is 10.4 Å². The van der Waals surface area contributed by atoms with Crippen molar-refractivity contribution in [2.45, 2.75) is 355 Å². The first kappa shape index (κ1) is 117. The van der Waals surface area contributed by atoms with Crippen LogP contribution in [0.15, 0.2) is 5.11 Å². The van der Waals surface area contributed by atoms with Gasteiger partial charge in [0.05, 0.1) is 77.8 Å². The second-order valence-electron chi connectivity index (χ2n) is 33.7. The molecule has 752 valence electrons. The van der Waals surface area contributed by atoms with Gasteiger partial charge in [0.1, 0.15) is 48.2 Å². The monoisotopic (exact) mass is 1860 g/mol. The highest BCUT2D eigenvalue weighted by atomic mass is 16.7. The fourth-order valence-electron chi connectivity index (χ4n) is 14.5. The van der Waals surface area contributed by atoms with E-state index in [2.05, 4.69) is 63.2 Å². The molecule has 21 N–H and O–H groups in total. The van der Waals surface area contributed by atoms with Crippen LogP contribution < -0.4 is 58.9 Å². The van der Waals surface area contributed by atoms with E-state index in [1.807, 2.05) is 0 Å². The van der Waals surface area contributed by atoms with E-state index in [1.54, 1.807) is 0 Å². The topological polar surface area (TPSA) is 631 Å². The third-order valence-electron chi connectivity index (χ3n) is 22.3. The van der Waals surface area contributed by atoms with Gasteiger partial charge in [0.2, 0.25) is 59.1 Å². The number of aliphatic hydroxyl groups is 9. The number of nitrogens with zero attached hydrogens (tertiary/aromatic N) is 3. The molecule has 42 heteroatoms. The number of nitrogens with one attached hydrogen (secondary N) is 10. The van der Waals surface area contributed by atoms with E-state index in [1.165, 1.54) is 12.8 Å². The van der Waals surface area contributed by atoms with Crippen molar-refractivity contribution in [3.8, 4) is 0 Å². The lowest BCUT2D eigenvalue weighted by Gasteiger charge is -2.36. The number of hydrogen-bond acceptors (Lipinski definition) is 30. The average Bonchev–Trinajstić information content (AvgIpc) is 0.862. The third-order valence-corrected chi connectivity index (χ3v) is 22.3. The fraction of sp³-hybridized carbons (Fsp3) is 0.886. The molecule has 42 nitrogen and oxygen atoms in total. The van der Waals surface area contributed by atoms with Crippen molar-refractivity contribution in [2.24, 2.45) is 10.8 Å². The number of rotatable bonds is 82. The summed E-state index contributed by atoms with van der Waals surface area (Å²) in [5.74, 6) is -2.54. The van der Waals surface area contributed by atoms with E-state index >= 15 is 0 Å². The molecule has 3 rings (SSSR count). The van der Waals surface area contributed by atoms with Crippen LogP contribution in [0.4, 0.5) is 0 Å². The Morgan fingerprint density at radius 3 is 1.00 bits per heavy atom. The highest BCUT2D eigenvalue weighted by molar-refractivity contribution is 5.87. The van der Waals surface area contributed by atoms with Crippen molar-refractivity contribution in [3.63, 3.8) is 0 Å². The summed E-state index contributed by atoms with van der Waals surface area (Å²) < 4.78 is 51.8. The van der Waals surface area contributed by atoms with Crippen molar-refractivity contribution in [2.75, 3.05) is 145 Å². The van der Waals surface area contributed by atoms with Gasteiger partial charge in [-0.3, -0.25) is 47.9 Å². The molecule has 0 aromatic heterocycles. The molecule has 10 amide bonds. The van der Waals surface area contributed by atoms with Crippen molar-refractivity contribution >= 4 is 59.1 Å². The Morgan fingerprint density at radius 1 is 0.354 bits per heavy atom. The number of nitrogens with two attached hydrogens (primary N) is 1. The summed E-state index contributed by atoms with van der Waals surface area (Å²) in [6.07, 6.45) is 11.0. The van der Waals surface area contributed by atoms with Crippen molar-refractivity contribution in [1.82, 2.24) is 53.2 Å². The maximum Gasteiger partial charge on any atom is 0.242 e. The number of carbonyl (C=O) groups excluding carboxylic acids is 10. The summed E-state index contributed by atoms with van der Waals surface area (Å²) in [6, 6.07) is -0.749. The Kier molecular flexibility index (Phi) is 69.1. The smallest absolute Gasteiger partial charge is 0.242 e. The molecule has 0 aliphatic carbocycles. The molecule has 0 aromatic carbocycles. The third kappa shape index (κ3) is 59.1. The maximum atomic E-state index is 14.1. The quantitative estimate of drug-likeness (QED) is 0.0177. The molecule has 13 atom stereocenters. The molecule has 0 spiro atoms. The SMILES string of the molecule is [N-]=[N+]=NCCCCC(=O)N[C@@H](CCCCNC(=O)CCCCCCCCCCN)C(=O)NCCCCCCCCCCC(=O)NC(COCCC(=O)NCCCNC(=O)CCCCO[C@H]1C[C@@H](O)[C@@H](O)[C@@H](CO)O1)(COCCC(=O)NCCCNC(=O)CCCCO[C@H]1C[C@@H](O)[C@@H](O)[C@@H](CO)O1)COCCC(=O)NCCCNC(=O)CCCCO[C@H]1C[C@@H](O)[C@@H](O)[C@@H](CO)O1. The second kappa shape index (κ2) is 76.5. The highest BCUT2D eigenvalue weighted by Gasteiger charge is 2.40. The number of carbonyl (C=O) groups is 10. The summed E-state index contributed by atoms with van der Waals surface area (Å²) in [6.45, 7) is 1.69. The van der Waals surface area contributed by atoms with Gasteiger partial charge < -0.3 is 147 Å². The maximum absolute atomic E-state index is 14.1. The van der Waals surface area contributed by atoms with E-state index < -0.39 is 105 Å². The first-order chi connectivity index (χ1) is 62.9. The van der Waals surface area contributed by atoms with Crippen LogP contribution in [0.25, 0.3) is 10.4 Å². The van der Waals surface area contributed by atoms with Crippen LogP contribution in [-0.4, -0.2) is 335 Å². The zero-order valence-corrected chi connectivity index (χ0v) is 77.0. The number of azide groups is 1. The molecule has 3 aliphatic heterocycles. The molecule has 3 fully saturated rings. The predicted molar refractivity (Wildman–Crippen MR) is 477 cm³/mol. The van der Waals surface area contributed by atoms with E-state index in [9.17, 15) is 93.9 Å². The number of unbranched alkanes of at least 4 members (excludes halogenated alkanes) is 19. The van der Waals surface area contributed by atoms with Gasteiger partial charge in [0, 0.05) is 161 Å². The molecular formula is C88H162N14O28. The highest BCUT2D eigenvalue weighted by Crippen LogP contribution is 2.25. The molecule has 0 saturated carbocycles. The van der Waals surface area contributed by atoms with Gasteiger partial charge in [-0.05, 0) is 128 Å². The first-order valence-corrected chi connectivity index (χ1v) is 47.9. The van der Waals surface area contributed by atoms with Crippen LogP contribution >= 0.6 is 0 Å². The lowest BCUT2D eigenvalue weighted by Crippen LogP contribution is -2.58. The van der Waals surface area contributed by atoms with Gasteiger partial charge in [0.15, 0.2) is 18.9 Å². The molecule has 0 bridgehead atoms. The summed E-state index contributed by atoms with van der Waals surface area (Å²) >= 11 is 0. The van der Waals surface area contributed by atoms with Gasteiger partial charge in [-0.1, -0.05) is 82.2 Å². The average molecular weight is 1860 g/mol. The Morgan fingerprint density at radius 2 is 0.646 bits per heavy atom. The van der Waals surface area contributed by atoms with E-state index in [0.717, 1.165) is 90.0 Å². The molecule has 0 radical (unpaired) electrons. The summed E-state index contributed by atoms with van der Waals surface area (Å²) in [5.41, 5.74) is 12.8. The molecule has 130 heavy (non-hydrogen) atoms. The molecule has 0 aromatic rings. The van der Waals surface area contributed by atoms with Crippen molar-refractivity contribution < 1.29 is 137 Å². The molecule has 3 saturated heterocycles. The van der Waals surface area contributed by atoms with E-state index in [-0.39, 0.29) is 235 Å². The minimum Gasteiger partial charge on any atom is -0.394 e. The van der Waals surface area contributed by atoms with Crippen LogP contribution in [0.5, 0.6) is 0 Å². The van der Waals surface area contributed by atoms with Gasteiger partial charge >= 0.3 is 0 Å². The molecule has 3 heterocycles. The second-order valence-corrected chi connectivity index (χ2v) is 33.7. The predicted octanol–water partition coefficient (Wildman–Crippen LogP) is 1.33. The van der Waals surface area contributed by atoms with Gasteiger partial charge in [-0.25, -0.2) is 0 Å². The molecular weight excluding hydrogens is 1700 g/mol. The summed E-state index contributed by atoms with van der Waals surface area (Å²) in [5, 5.41) is 121. The Bertz CT molecular complexity index is 2890. The number of hydrogen-bond donors (Lipinski definition) is 20. The zero-order valence-electron chi connectivity index (χ0n) is 77.0. The van der Waals surface area contributed by atoms with Crippen LogP contribution in [0.1, 0.15) is 270 Å². The van der Waals surface area contributed by atoms with E-state index in [0.29, 0.717) is 116 Å². The summed E-state index contributed by atoms with van der Waals surface area (Å²) in [4.78, 5) is 133. The largest absolute Gasteiger partial charge is 0.394 e. The molecule has 0 unspecified atom stereocenters. The minimum absolute atomic E-state index is 0.00839. The number of amides is 10. The van der Waals surface area contributed by atoms with E-state index in [4.69, 9.17) is 53.9 Å². The Hall–Kier alpha value is -6.75. The molecule has 3 aliphatic rings. The number of ether oxygens (including phenoxy) is 9. The van der Waals surface area contributed by atoms with Crippen molar-refractivity contribution in [1.29, 1.82) is 0 Å². The van der Waals surface area contributed by atoms with Crippen LogP contribution in [0.2, 0.25) is 0 Å². The van der Waals surface area contributed by atoms with Gasteiger partial charge in [-0.15, -0.1) is 0 Å². The lowest BCUT2D eigenvalue weighted by molar-refractivity contribution is -0.257. The van der Waals surface area contributed by atoms with Crippen LogP contribution in [0.3, 0.4) is 0 Å². The summed E-state index contributed by atoms with van der Waals surface area (Å²) in [7, 11) is 0. The zero-order chi connectivity index (χ0) is 94.9. The normalized spacial score (nSPS) is 20.5. The van der Waals surface area contributed by atoms with Gasteiger partial charge in [-0.2, -0.15) is 0 Å². The van der Waals surface area contributed by atoms with Crippen LogP contribution in [-0.2, 0) is 90.6 Å². The first-order valence-electron chi connectivity index (χ1n) is 47.9. The lowest BCUT2D eigenvalue weighted by atomic mass is 10.0. The number of aliphatic hydroxyl groups excluding tert-OH is 9. The van der Waals surface area contributed by atoms with Gasteiger partial charge in [0.25, 0.3) is 0 Å². The Labute approximate surface area is 766 Å². The fourth-order valence-corrected chi connectivity index (χ4v) is 14.5. The van der Waals surface area contributed by atoms with Crippen LogP contribution in [0, 0.1) is 0 Å².